The van der Waals surface area contributed by atoms with Crippen molar-refractivity contribution < 1.29 is 14.2 Å². The Morgan fingerprint density at radius 2 is 2.30 bits per heavy atom. The van der Waals surface area contributed by atoms with E-state index < -0.39 is 24.6 Å². The topological polar surface area (TPSA) is 99.1 Å². The highest BCUT2D eigenvalue weighted by atomic mass is 35.5. The fourth-order valence-electron chi connectivity index (χ4n) is 2.36. The van der Waals surface area contributed by atoms with E-state index in [0.29, 0.717) is 11.9 Å². The number of hydrogen-bond donors (Lipinski definition) is 2. The monoisotopic (exact) mass is 301 g/mol. The van der Waals surface area contributed by atoms with Crippen LogP contribution in [0.3, 0.4) is 0 Å². The largest absolute Gasteiger partial charge is 0.387 e. The summed E-state index contributed by atoms with van der Waals surface area (Å²) in [4.78, 5) is 11.8. The van der Waals surface area contributed by atoms with Gasteiger partial charge in [-0.2, -0.15) is 9.97 Å². The molecule has 2 aromatic rings. The Hall–Kier alpha value is -1.51. The minimum Gasteiger partial charge on any atom is -0.387 e. The van der Waals surface area contributed by atoms with Crippen LogP contribution in [0.2, 0.25) is 5.28 Å². The zero-order valence-corrected chi connectivity index (χ0v) is 11.3. The summed E-state index contributed by atoms with van der Waals surface area (Å²) in [5, 5.41) is 9.73. The summed E-state index contributed by atoms with van der Waals surface area (Å²) in [7, 11) is 0. The van der Waals surface area contributed by atoms with Crippen LogP contribution in [0.4, 0.5) is 10.2 Å². The van der Waals surface area contributed by atoms with Gasteiger partial charge in [0.1, 0.15) is 11.6 Å². The van der Waals surface area contributed by atoms with E-state index in [1.165, 1.54) is 10.9 Å². The number of nitrogens with two attached hydrogens (primary N) is 1. The van der Waals surface area contributed by atoms with Crippen LogP contribution < -0.4 is 5.73 Å². The maximum absolute atomic E-state index is 14.2. The fraction of sp³-hybridized carbons (Fsp3) is 0.545. The van der Waals surface area contributed by atoms with Crippen LogP contribution in [-0.4, -0.2) is 43.0 Å². The molecule has 7 nitrogen and oxygen atoms in total. The summed E-state index contributed by atoms with van der Waals surface area (Å²) in [6, 6.07) is 0. The summed E-state index contributed by atoms with van der Waals surface area (Å²) in [6.45, 7) is 1.81. The lowest BCUT2D eigenvalue weighted by Crippen LogP contribution is -2.27. The number of aliphatic hydroxyl groups excluding tert-OH is 1. The fourth-order valence-corrected chi connectivity index (χ4v) is 2.53. The second-order valence-electron chi connectivity index (χ2n) is 4.61. The zero-order chi connectivity index (χ0) is 14.4. The lowest BCUT2D eigenvalue weighted by molar-refractivity contribution is -0.0238. The van der Waals surface area contributed by atoms with Crippen molar-refractivity contribution in [1.82, 2.24) is 19.5 Å². The van der Waals surface area contributed by atoms with Crippen LogP contribution in [0.1, 0.15) is 19.6 Å². The number of hydrogen-bond acceptors (Lipinski definition) is 6. The molecule has 0 spiro atoms. The first-order chi connectivity index (χ1) is 9.52. The number of ether oxygens (including phenoxy) is 1. The van der Waals surface area contributed by atoms with Crippen molar-refractivity contribution in [3.8, 4) is 0 Å². The van der Waals surface area contributed by atoms with E-state index in [2.05, 4.69) is 15.0 Å². The number of fused-ring (bicyclic) bond motifs is 1. The smallest absolute Gasteiger partial charge is 0.226 e. The van der Waals surface area contributed by atoms with Gasteiger partial charge in [0.25, 0.3) is 0 Å². The first kappa shape index (κ1) is 13.5. The molecule has 108 valence electrons. The average molecular weight is 302 g/mol. The molecule has 20 heavy (non-hydrogen) atoms. The SMILES string of the molecule is CCC1O[C@@H](n2cnc3c(N)nc(Cl)nc32)[C@@H](F)[C@@H]1O. The number of rotatable bonds is 2. The lowest BCUT2D eigenvalue weighted by atomic mass is 10.1. The molecule has 0 bridgehead atoms. The molecule has 0 aromatic carbocycles. The number of imidazole rings is 1. The molecule has 9 heteroatoms. The molecular formula is C11H13ClFN5O2. The first-order valence-electron chi connectivity index (χ1n) is 6.16. The van der Waals surface area contributed by atoms with Gasteiger partial charge >= 0.3 is 0 Å². The second kappa shape index (κ2) is 4.80. The van der Waals surface area contributed by atoms with Crippen molar-refractivity contribution in [2.24, 2.45) is 0 Å². The molecule has 1 aliphatic heterocycles. The maximum atomic E-state index is 14.2. The standard InChI is InChI=1S/C11H13ClFN5O2/c1-2-4-7(19)5(13)10(20-4)18-3-15-6-8(14)16-11(12)17-9(6)18/h3-5,7,10,19H,2H2,1H3,(H2,14,16,17)/t4?,5-,7+,10+/m0/s1. The van der Waals surface area contributed by atoms with Crippen molar-refractivity contribution in [2.75, 3.05) is 5.73 Å². The number of anilines is 1. The number of halogens is 2. The molecule has 0 radical (unpaired) electrons. The van der Waals surface area contributed by atoms with E-state index in [-0.39, 0.29) is 16.7 Å². The van der Waals surface area contributed by atoms with Gasteiger partial charge in [-0.05, 0) is 18.0 Å². The Labute approximate surface area is 118 Å². The number of aromatic nitrogens is 4. The molecule has 3 N–H and O–H groups in total. The van der Waals surface area contributed by atoms with Gasteiger partial charge in [0.05, 0.1) is 12.4 Å². The molecule has 0 amide bonds. The molecule has 2 aromatic heterocycles. The molecule has 3 heterocycles. The Bertz CT molecular complexity index is 651. The Morgan fingerprint density at radius 1 is 1.55 bits per heavy atom. The van der Waals surface area contributed by atoms with E-state index in [1.54, 1.807) is 0 Å². The summed E-state index contributed by atoms with van der Waals surface area (Å²) in [5.74, 6) is 0.111. The molecule has 1 fully saturated rings. The second-order valence-corrected chi connectivity index (χ2v) is 4.95. The van der Waals surface area contributed by atoms with Gasteiger partial charge in [0, 0.05) is 0 Å². The molecule has 0 saturated carbocycles. The van der Waals surface area contributed by atoms with Crippen LogP contribution in [-0.2, 0) is 4.74 Å². The molecule has 1 aliphatic rings. The Balaban J connectivity index is 2.07. The zero-order valence-electron chi connectivity index (χ0n) is 10.6. The van der Waals surface area contributed by atoms with E-state index in [1.807, 2.05) is 6.92 Å². The molecule has 1 unspecified atom stereocenters. The molecule has 0 aliphatic carbocycles. The van der Waals surface area contributed by atoms with Crippen molar-refractivity contribution in [3.63, 3.8) is 0 Å². The highest BCUT2D eigenvalue weighted by Crippen LogP contribution is 2.35. The average Bonchev–Trinajstić information content (AvgIpc) is 2.93. The summed E-state index contributed by atoms with van der Waals surface area (Å²) in [5.41, 5.74) is 6.29. The van der Waals surface area contributed by atoms with Gasteiger partial charge in [0.15, 0.2) is 23.9 Å². The van der Waals surface area contributed by atoms with Gasteiger partial charge in [-0.25, -0.2) is 9.37 Å². The quantitative estimate of drug-likeness (QED) is 0.805. The third kappa shape index (κ3) is 1.91. The highest BCUT2D eigenvalue weighted by Gasteiger charge is 2.44. The summed E-state index contributed by atoms with van der Waals surface area (Å²) >= 11 is 5.75. The van der Waals surface area contributed by atoms with Crippen LogP contribution in [0.5, 0.6) is 0 Å². The van der Waals surface area contributed by atoms with Crippen molar-refractivity contribution in [1.29, 1.82) is 0 Å². The van der Waals surface area contributed by atoms with E-state index in [9.17, 15) is 9.50 Å². The van der Waals surface area contributed by atoms with Gasteiger partial charge in [-0.1, -0.05) is 6.92 Å². The number of nitrogens with zero attached hydrogens (tertiary/aromatic N) is 4. The Kier molecular flexibility index (Phi) is 3.23. The predicted octanol–water partition coefficient (Wildman–Crippen LogP) is 1.07. The normalized spacial score (nSPS) is 30.2. The minimum absolute atomic E-state index is 0.0576. The van der Waals surface area contributed by atoms with Crippen LogP contribution >= 0.6 is 11.6 Å². The van der Waals surface area contributed by atoms with Crippen LogP contribution in [0, 0.1) is 0 Å². The maximum Gasteiger partial charge on any atom is 0.226 e. The van der Waals surface area contributed by atoms with Gasteiger partial charge in [0.2, 0.25) is 5.28 Å². The minimum atomic E-state index is -1.58. The predicted molar refractivity (Wildman–Crippen MR) is 69.8 cm³/mol. The number of aliphatic hydroxyl groups is 1. The molecular weight excluding hydrogens is 289 g/mol. The van der Waals surface area contributed by atoms with Gasteiger partial charge < -0.3 is 15.6 Å². The Morgan fingerprint density at radius 3 is 2.95 bits per heavy atom. The third-order valence-corrected chi connectivity index (χ3v) is 3.56. The van der Waals surface area contributed by atoms with E-state index in [0.717, 1.165) is 0 Å². The van der Waals surface area contributed by atoms with E-state index >= 15 is 0 Å². The highest BCUT2D eigenvalue weighted by molar-refractivity contribution is 6.28. The lowest BCUT2D eigenvalue weighted by Gasteiger charge is -2.15. The first-order valence-corrected chi connectivity index (χ1v) is 6.54. The summed E-state index contributed by atoms with van der Waals surface area (Å²) < 4.78 is 21.1. The molecule has 4 atom stereocenters. The van der Waals surface area contributed by atoms with Gasteiger partial charge in [-0.3, -0.25) is 4.57 Å². The van der Waals surface area contributed by atoms with Gasteiger partial charge in [-0.15, -0.1) is 0 Å². The van der Waals surface area contributed by atoms with Crippen LogP contribution in [0.15, 0.2) is 6.33 Å². The van der Waals surface area contributed by atoms with Crippen molar-refractivity contribution >= 4 is 28.6 Å². The van der Waals surface area contributed by atoms with E-state index in [4.69, 9.17) is 22.1 Å². The number of alkyl halides is 1. The van der Waals surface area contributed by atoms with Crippen molar-refractivity contribution in [2.45, 2.75) is 38.0 Å². The van der Waals surface area contributed by atoms with Crippen molar-refractivity contribution in [3.05, 3.63) is 11.6 Å². The molecule has 3 rings (SSSR count). The molecule has 1 saturated heterocycles. The number of nitrogen functional groups attached to an aromatic ring is 1. The van der Waals surface area contributed by atoms with Crippen LogP contribution in [0.25, 0.3) is 11.2 Å². The summed E-state index contributed by atoms with van der Waals surface area (Å²) in [6.07, 6.45) is -2.48. The third-order valence-electron chi connectivity index (χ3n) is 3.39.